The zero-order valence-electron chi connectivity index (χ0n) is 11.0. The Bertz CT molecular complexity index is 702. The number of benzene rings is 1. The van der Waals surface area contributed by atoms with Gasteiger partial charge in [0.1, 0.15) is 5.69 Å². The molecule has 0 amide bonds. The average Bonchev–Trinajstić information content (AvgIpc) is 3.08. The average molecular weight is 288 g/mol. The van der Waals surface area contributed by atoms with Crippen LogP contribution in [0.1, 0.15) is 11.3 Å². The van der Waals surface area contributed by atoms with Crippen LogP contribution in [0.3, 0.4) is 0 Å². The topological polar surface area (TPSA) is 58.5 Å². The van der Waals surface area contributed by atoms with Crippen LogP contribution >= 0.6 is 11.6 Å². The first-order valence-electron chi connectivity index (χ1n) is 6.27. The molecule has 3 aromatic rings. The van der Waals surface area contributed by atoms with Crippen molar-refractivity contribution in [1.82, 2.24) is 20.0 Å². The number of aromatic nitrogens is 4. The van der Waals surface area contributed by atoms with E-state index < -0.39 is 0 Å². The summed E-state index contributed by atoms with van der Waals surface area (Å²) in [5.74, 6) is 0. The maximum Gasteiger partial charge on any atom is 0.106 e. The van der Waals surface area contributed by atoms with E-state index in [2.05, 4.69) is 20.6 Å². The molecule has 0 aliphatic heterocycles. The first-order chi connectivity index (χ1) is 9.75. The normalized spacial score (nSPS) is 10.7. The molecule has 6 heteroatoms. The fraction of sp³-hybridized carbons (Fsp3) is 0.143. The minimum absolute atomic E-state index is 0.655. The van der Waals surface area contributed by atoms with Gasteiger partial charge in [-0.05, 0) is 25.1 Å². The molecule has 0 fully saturated rings. The minimum Gasteiger partial charge on any atom is -0.379 e. The Morgan fingerprint density at radius 3 is 2.95 bits per heavy atom. The zero-order chi connectivity index (χ0) is 13.9. The molecule has 2 heterocycles. The van der Waals surface area contributed by atoms with E-state index in [-0.39, 0.29) is 0 Å². The van der Waals surface area contributed by atoms with Gasteiger partial charge in [0.2, 0.25) is 0 Å². The van der Waals surface area contributed by atoms with Crippen LogP contribution in [0.25, 0.3) is 5.69 Å². The van der Waals surface area contributed by atoms with E-state index in [0.717, 1.165) is 22.6 Å². The lowest BCUT2D eigenvalue weighted by atomic mass is 10.2. The van der Waals surface area contributed by atoms with Crippen LogP contribution in [0, 0.1) is 6.92 Å². The summed E-state index contributed by atoms with van der Waals surface area (Å²) in [5, 5.41) is 15.2. The minimum atomic E-state index is 0.655. The highest BCUT2D eigenvalue weighted by Crippen LogP contribution is 2.28. The molecule has 2 N–H and O–H groups in total. The lowest BCUT2D eigenvalue weighted by Gasteiger charge is -2.13. The Kier molecular flexibility index (Phi) is 3.43. The van der Waals surface area contributed by atoms with Gasteiger partial charge in [-0.1, -0.05) is 17.7 Å². The van der Waals surface area contributed by atoms with Crippen LogP contribution in [0.5, 0.6) is 0 Å². The first-order valence-corrected chi connectivity index (χ1v) is 6.65. The second-order valence-electron chi connectivity index (χ2n) is 4.46. The Balaban J connectivity index is 1.90. The summed E-state index contributed by atoms with van der Waals surface area (Å²) in [4.78, 5) is 0. The Morgan fingerprint density at radius 2 is 2.25 bits per heavy atom. The molecule has 0 saturated carbocycles. The summed E-state index contributed by atoms with van der Waals surface area (Å²) >= 11 is 6.29. The molecule has 102 valence electrons. The quantitative estimate of drug-likeness (QED) is 0.775. The predicted molar refractivity (Wildman–Crippen MR) is 79.2 cm³/mol. The van der Waals surface area contributed by atoms with Crippen LogP contribution in [-0.2, 0) is 6.54 Å². The molecule has 0 bridgehead atoms. The lowest BCUT2D eigenvalue weighted by Crippen LogP contribution is -2.05. The number of hydrogen-bond acceptors (Lipinski definition) is 3. The number of aromatic amines is 1. The van der Waals surface area contributed by atoms with Crippen molar-refractivity contribution in [3.8, 4) is 5.69 Å². The van der Waals surface area contributed by atoms with Crippen molar-refractivity contribution in [2.45, 2.75) is 13.5 Å². The highest BCUT2D eigenvalue weighted by atomic mass is 35.5. The van der Waals surface area contributed by atoms with Gasteiger partial charge in [0.05, 0.1) is 16.9 Å². The predicted octanol–water partition coefficient (Wildman–Crippen LogP) is 3.17. The fourth-order valence-corrected chi connectivity index (χ4v) is 2.30. The van der Waals surface area contributed by atoms with Crippen molar-refractivity contribution in [2.24, 2.45) is 0 Å². The molecule has 0 aliphatic carbocycles. The van der Waals surface area contributed by atoms with Crippen LogP contribution in [0.2, 0.25) is 5.02 Å². The summed E-state index contributed by atoms with van der Waals surface area (Å²) in [6, 6.07) is 7.62. The van der Waals surface area contributed by atoms with E-state index in [9.17, 15) is 0 Å². The van der Waals surface area contributed by atoms with E-state index >= 15 is 0 Å². The van der Waals surface area contributed by atoms with Crippen molar-refractivity contribution in [2.75, 3.05) is 5.32 Å². The van der Waals surface area contributed by atoms with Crippen molar-refractivity contribution in [3.05, 3.63) is 59.1 Å². The molecule has 0 atom stereocenters. The zero-order valence-corrected chi connectivity index (χ0v) is 11.7. The molecular formula is C14H14ClN5. The van der Waals surface area contributed by atoms with Crippen molar-refractivity contribution >= 4 is 17.3 Å². The van der Waals surface area contributed by atoms with Gasteiger partial charge >= 0.3 is 0 Å². The molecule has 1 aromatic carbocycles. The van der Waals surface area contributed by atoms with Gasteiger partial charge in [-0.25, -0.2) is 4.68 Å². The standard InChI is InChI=1S/C14H14ClN5/c1-10-11(9-17-19-10)8-16-13-5-2-4-12(15)14(13)20-7-3-6-18-20/h2-7,9,16H,8H2,1H3,(H,17,19). The number of aryl methyl sites for hydroxylation is 1. The second kappa shape index (κ2) is 5.38. The number of hydrogen-bond donors (Lipinski definition) is 2. The maximum atomic E-state index is 6.29. The third kappa shape index (κ3) is 2.40. The van der Waals surface area contributed by atoms with E-state index in [4.69, 9.17) is 11.6 Å². The monoisotopic (exact) mass is 287 g/mol. The highest BCUT2D eigenvalue weighted by Gasteiger charge is 2.10. The van der Waals surface area contributed by atoms with Crippen molar-refractivity contribution < 1.29 is 0 Å². The van der Waals surface area contributed by atoms with Gasteiger partial charge in [-0.2, -0.15) is 10.2 Å². The number of para-hydroxylation sites is 1. The molecule has 0 aliphatic rings. The number of anilines is 1. The molecular weight excluding hydrogens is 274 g/mol. The SMILES string of the molecule is Cc1[nH]ncc1CNc1cccc(Cl)c1-n1cccn1. The van der Waals surface area contributed by atoms with E-state index in [0.29, 0.717) is 11.6 Å². The van der Waals surface area contributed by atoms with Gasteiger partial charge in [0, 0.05) is 30.2 Å². The Labute approximate surface area is 121 Å². The smallest absolute Gasteiger partial charge is 0.106 e. The van der Waals surface area contributed by atoms with Crippen molar-refractivity contribution in [1.29, 1.82) is 0 Å². The van der Waals surface area contributed by atoms with Gasteiger partial charge < -0.3 is 5.32 Å². The van der Waals surface area contributed by atoms with Crippen LogP contribution in [0.15, 0.2) is 42.9 Å². The van der Waals surface area contributed by atoms with E-state index in [1.54, 1.807) is 10.9 Å². The number of halogens is 1. The lowest BCUT2D eigenvalue weighted by molar-refractivity contribution is 0.879. The molecule has 2 aromatic heterocycles. The number of nitrogens with zero attached hydrogens (tertiary/aromatic N) is 3. The van der Waals surface area contributed by atoms with Gasteiger partial charge in [0.15, 0.2) is 0 Å². The van der Waals surface area contributed by atoms with Gasteiger partial charge in [-0.3, -0.25) is 5.10 Å². The Hall–Kier alpha value is -2.27. The summed E-state index contributed by atoms with van der Waals surface area (Å²) in [7, 11) is 0. The number of rotatable bonds is 4. The van der Waals surface area contributed by atoms with Gasteiger partial charge in [0.25, 0.3) is 0 Å². The summed E-state index contributed by atoms with van der Waals surface area (Å²) in [5.41, 5.74) is 3.96. The fourth-order valence-electron chi connectivity index (χ4n) is 2.04. The molecule has 0 radical (unpaired) electrons. The summed E-state index contributed by atoms with van der Waals surface area (Å²) in [6.45, 7) is 2.67. The summed E-state index contributed by atoms with van der Waals surface area (Å²) < 4.78 is 1.76. The molecule has 0 unspecified atom stereocenters. The molecule has 5 nitrogen and oxygen atoms in total. The number of nitrogens with one attached hydrogen (secondary N) is 2. The van der Waals surface area contributed by atoms with Crippen LogP contribution in [-0.4, -0.2) is 20.0 Å². The first kappa shape index (κ1) is 12.7. The van der Waals surface area contributed by atoms with E-state index in [1.807, 2.05) is 43.6 Å². The largest absolute Gasteiger partial charge is 0.379 e. The highest BCUT2D eigenvalue weighted by molar-refractivity contribution is 6.33. The second-order valence-corrected chi connectivity index (χ2v) is 4.87. The third-order valence-corrected chi connectivity index (χ3v) is 3.43. The Morgan fingerprint density at radius 1 is 1.35 bits per heavy atom. The van der Waals surface area contributed by atoms with Gasteiger partial charge in [-0.15, -0.1) is 0 Å². The summed E-state index contributed by atoms with van der Waals surface area (Å²) in [6.07, 6.45) is 5.42. The molecule has 3 rings (SSSR count). The van der Waals surface area contributed by atoms with Crippen LogP contribution < -0.4 is 5.32 Å². The molecule has 0 spiro atoms. The molecule has 0 saturated heterocycles. The third-order valence-electron chi connectivity index (χ3n) is 3.12. The number of H-pyrrole nitrogens is 1. The van der Waals surface area contributed by atoms with E-state index in [1.165, 1.54) is 0 Å². The van der Waals surface area contributed by atoms with Crippen LogP contribution in [0.4, 0.5) is 5.69 Å². The van der Waals surface area contributed by atoms with Crippen molar-refractivity contribution in [3.63, 3.8) is 0 Å². The maximum absolute atomic E-state index is 6.29. The molecule has 20 heavy (non-hydrogen) atoms.